The Kier molecular flexibility index (Phi) is 15.4. The SMILES string of the molecule is c1cc(-c2cccc3c2oc2ccccc23)cc(-n2c3cccc4c3c3c5c(cccc5ccc32)-c2ccccc2-4)c1.c1cc(-c2cccc3c2sc2ccccc23)cc(-n2c3cccc4c3c3c5c(cccc5ccc32)-c2ccccc2-4)c1.c1ccc(-c2nc(-c3ccccc3)c3cc(-n4c5cccc6c5c5c7c(cccc7ccc54)-c4ccccc4-6)ccc3n2)cc1. The van der Waals surface area contributed by atoms with E-state index >= 15 is 0 Å². The molecule has 0 spiro atoms. The second-order valence-corrected chi connectivity index (χ2v) is 35.4. The van der Waals surface area contributed by atoms with Gasteiger partial charge in [-0.05, 0) is 207 Å². The highest BCUT2D eigenvalue weighted by Crippen LogP contribution is 2.55. The maximum absolute atomic E-state index is 6.42. The highest BCUT2D eigenvalue weighted by molar-refractivity contribution is 7.26. The largest absolute Gasteiger partial charge is 0.455 e. The zero-order chi connectivity index (χ0) is 84.2. The lowest BCUT2D eigenvalue weighted by atomic mass is 9.93. The minimum atomic E-state index is 0.732. The molecule has 30 rings (SSSR count). The van der Waals surface area contributed by atoms with Crippen molar-refractivity contribution in [1.82, 2.24) is 23.7 Å². The first-order valence-corrected chi connectivity index (χ1v) is 45.1. The van der Waals surface area contributed by atoms with E-state index in [1.165, 1.54) is 201 Å². The molecule has 6 nitrogen and oxygen atoms in total. The minimum Gasteiger partial charge on any atom is -0.455 e. The monoisotopic (exact) mass is 1650 g/mol. The third-order valence-electron chi connectivity index (χ3n) is 27.6. The minimum absolute atomic E-state index is 0.732. The van der Waals surface area contributed by atoms with Gasteiger partial charge in [0.15, 0.2) is 5.82 Å². The molecular formula is C122H71N5OS. The Labute approximate surface area is 744 Å². The van der Waals surface area contributed by atoms with Gasteiger partial charge >= 0.3 is 0 Å². The summed E-state index contributed by atoms with van der Waals surface area (Å²) in [6, 6.07) is 156. The normalized spacial score (nSPS) is 12.2. The van der Waals surface area contributed by atoms with E-state index < -0.39 is 0 Å². The second-order valence-electron chi connectivity index (χ2n) is 34.3. The van der Waals surface area contributed by atoms with Crippen LogP contribution in [-0.2, 0) is 0 Å². The standard InChI is InChI=1S/C42H25N3.C40H23NO.C40H23NS/c1-3-11-27(12-4-1)41-34-25-29(22-23-35(34)43-42(44-41)28-13-5-2-6-14-28)45-36-20-10-19-33-31-17-8-7-16-30(31)32-18-9-15-26-21-24-37(45)40(38(26)32)39(33)36;2*1-2-13-29-28(12-1)31-16-6-9-24-21-22-35-39(37(24)31)38-32(29)17-8-19-34(38)41(35)26-11-5-10-25(23-26)27-15-7-18-33-30-14-3-4-20-36(30)42-40(27)33/h1-25H;2*1-23H. The van der Waals surface area contributed by atoms with Gasteiger partial charge in [0.1, 0.15) is 11.2 Å². The lowest BCUT2D eigenvalue weighted by molar-refractivity contribution is 0.670. The number of para-hydroxylation sites is 2. The van der Waals surface area contributed by atoms with Crippen molar-refractivity contribution in [1.29, 1.82) is 0 Å². The van der Waals surface area contributed by atoms with Crippen LogP contribution in [0.15, 0.2) is 435 Å². The molecule has 0 atom stereocenters. The molecule has 21 aromatic carbocycles. The highest BCUT2D eigenvalue weighted by atomic mass is 32.1. The molecule has 0 amide bonds. The van der Waals surface area contributed by atoms with Gasteiger partial charge in [0, 0.05) is 102 Å². The van der Waals surface area contributed by atoms with Crippen molar-refractivity contribution in [2.75, 3.05) is 0 Å². The van der Waals surface area contributed by atoms with E-state index in [1.807, 2.05) is 47.7 Å². The fourth-order valence-electron chi connectivity index (χ4n) is 22.2. The summed E-state index contributed by atoms with van der Waals surface area (Å²) in [5.74, 6) is 0.732. The second kappa shape index (κ2) is 27.8. The molecule has 129 heavy (non-hydrogen) atoms. The zero-order valence-electron chi connectivity index (χ0n) is 69.5. The Morgan fingerprint density at radius 2 is 0.574 bits per heavy atom. The van der Waals surface area contributed by atoms with Crippen LogP contribution in [0, 0.1) is 0 Å². The molecule has 0 unspecified atom stereocenters. The molecule has 3 aliphatic rings. The van der Waals surface area contributed by atoms with Gasteiger partial charge in [-0.25, -0.2) is 9.97 Å². The molecule has 0 radical (unpaired) electrons. The molecule has 3 aliphatic carbocycles. The quantitative estimate of drug-likeness (QED) is 0.160. The number of rotatable bonds is 7. The molecule has 7 heteroatoms. The van der Waals surface area contributed by atoms with Crippen LogP contribution in [-0.4, -0.2) is 23.7 Å². The first-order chi connectivity index (χ1) is 64.0. The van der Waals surface area contributed by atoms with Crippen LogP contribution >= 0.6 is 11.3 Å². The van der Waals surface area contributed by atoms with Gasteiger partial charge in [0.25, 0.3) is 0 Å². The van der Waals surface area contributed by atoms with Crippen molar-refractivity contribution in [3.63, 3.8) is 0 Å². The van der Waals surface area contributed by atoms with Crippen LogP contribution in [0.5, 0.6) is 0 Å². The van der Waals surface area contributed by atoms with Gasteiger partial charge in [-0.2, -0.15) is 0 Å². The van der Waals surface area contributed by atoms with Crippen LogP contribution in [0.4, 0.5) is 0 Å². The molecule has 27 aromatic rings. The third kappa shape index (κ3) is 10.6. The Bertz CT molecular complexity index is 9170. The van der Waals surface area contributed by atoms with Crippen LogP contribution in [0.3, 0.4) is 0 Å². The third-order valence-corrected chi connectivity index (χ3v) is 28.8. The lowest BCUT2D eigenvalue weighted by Gasteiger charge is -2.15. The van der Waals surface area contributed by atoms with E-state index in [1.54, 1.807) is 0 Å². The summed E-state index contributed by atoms with van der Waals surface area (Å²) in [6.07, 6.45) is 0. The van der Waals surface area contributed by atoms with Crippen molar-refractivity contribution in [3.8, 4) is 129 Å². The molecule has 596 valence electrons. The first kappa shape index (κ1) is 71.6. The van der Waals surface area contributed by atoms with Crippen molar-refractivity contribution in [2.24, 2.45) is 0 Å². The summed E-state index contributed by atoms with van der Waals surface area (Å²) in [6.45, 7) is 0. The Morgan fingerprint density at radius 1 is 0.209 bits per heavy atom. The smallest absolute Gasteiger partial charge is 0.160 e. The van der Waals surface area contributed by atoms with Crippen molar-refractivity contribution in [3.05, 3.63) is 431 Å². The van der Waals surface area contributed by atoms with Gasteiger partial charge in [-0.15, -0.1) is 11.3 Å². The number of fused-ring (bicyclic) bond motifs is 16. The van der Waals surface area contributed by atoms with Crippen molar-refractivity contribution in [2.45, 2.75) is 0 Å². The topological polar surface area (TPSA) is 53.7 Å². The van der Waals surface area contributed by atoms with E-state index in [-0.39, 0.29) is 0 Å². The number of thiophene rings is 1. The zero-order valence-corrected chi connectivity index (χ0v) is 70.4. The Morgan fingerprint density at radius 3 is 1.09 bits per heavy atom. The highest BCUT2D eigenvalue weighted by Gasteiger charge is 2.30. The average Bonchev–Trinajstić information content (AvgIpc) is 1.53. The molecule has 0 saturated heterocycles. The maximum atomic E-state index is 6.42. The summed E-state index contributed by atoms with van der Waals surface area (Å²) in [4.78, 5) is 10.2. The van der Waals surface area contributed by atoms with E-state index in [0.717, 1.165) is 78.0 Å². The lowest BCUT2D eigenvalue weighted by Crippen LogP contribution is -1.98. The predicted octanol–water partition coefficient (Wildman–Crippen LogP) is 33.6. The van der Waals surface area contributed by atoms with Gasteiger partial charge < -0.3 is 18.1 Å². The summed E-state index contributed by atoms with van der Waals surface area (Å²) < 4.78 is 16.5. The molecule has 0 N–H and O–H groups in total. The molecule has 0 bridgehead atoms. The first-order valence-electron chi connectivity index (χ1n) is 44.2. The number of hydrogen-bond donors (Lipinski definition) is 0. The van der Waals surface area contributed by atoms with Crippen LogP contribution in [0.2, 0.25) is 0 Å². The van der Waals surface area contributed by atoms with E-state index in [0.29, 0.717) is 0 Å². The summed E-state index contributed by atoms with van der Waals surface area (Å²) in [7, 11) is 0. The fraction of sp³-hybridized carbons (Fsp3) is 0. The summed E-state index contributed by atoms with van der Waals surface area (Å²) in [5.41, 5.74) is 36.9. The number of benzene rings is 21. The molecule has 6 heterocycles. The van der Waals surface area contributed by atoms with Crippen LogP contribution < -0.4 is 0 Å². The number of aromatic nitrogens is 5. The summed E-state index contributed by atoms with van der Waals surface area (Å²) >= 11 is 1.89. The Hall–Kier alpha value is -16.8. The van der Waals surface area contributed by atoms with E-state index in [4.69, 9.17) is 14.4 Å². The van der Waals surface area contributed by atoms with Gasteiger partial charge in [0.2, 0.25) is 0 Å². The van der Waals surface area contributed by atoms with Gasteiger partial charge in [-0.1, -0.05) is 340 Å². The van der Waals surface area contributed by atoms with Crippen LogP contribution in [0.25, 0.3) is 279 Å². The number of hydrogen-bond acceptors (Lipinski definition) is 4. The average molecular weight is 1660 g/mol. The van der Waals surface area contributed by atoms with Gasteiger partial charge in [0.05, 0.1) is 44.3 Å². The maximum Gasteiger partial charge on any atom is 0.160 e. The number of furan rings is 1. The molecule has 0 fully saturated rings. The van der Waals surface area contributed by atoms with Crippen molar-refractivity contribution >= 4 is 162 Å². The van der Waals surface area contributed by atoms with Crippen LogP contribution in [0.1, 0.15) is 0 Å². The number of nitrogens with zero attached hydrogens (tertiary/aromatic N) is 5. The van der Waals surface area contributed by atoms with E-state index in [9.17, 15) is 0 Å². The molecule has 0 aliphatic heterocycles. The van der Waals surface area contributed by atoms with E-state index in [2.05, 4.69) is 408 Å². The molecular weight excluding hydrogens is 1580 g/mol. The van der Waals surface area contributed by atoms with Crippen molar-refractivity contribution < 1.29 is 4.42 Å². The molecule has 6 aromatic heterocycles. The predicted molar refractivity (Wildman–Crippen MR) is 543 cm³/mol. The fourth-order valence-corrected chi connectivity index (χ4v) is 23.4. The summed E-state index contributed by atoms with van der Waals surface area (Å²) in [5, 5.41) is 21.8. The Balaban J connectivity index is 0.0000000976. The molecule has 0 saturated carbocycles. The van der Waals surface area contributed by atoms with Gasteiger partial charge in [-0.3, -0.25) is 0 Å².